The Morgan fingerprint density at radius 3 is 2.71 bits per heavy atom. The van der Waals surface area contributed by atoms with Crippen LogP contribution in [0.4, 0.5) is 5.69 Å². The van der Waals surface area contributed by atoms with Gasteiger partial charge < -0.3 is 10.4 Å². The van der Waals surface area contributed by atoms with Crippen LogP contribution in [0.15, 0.2) is 24.3 Å². The van der Waals surface area contributed by atoms with E-state index in [-0.39, 0.29) is 36.9 Å². The number of benzene rings is 1. The van der Waals surface area contributed by atoms with E-state index in [9.17, 15) is 19.7 Å². The lowest BCUT2D eigenvalue weighted by molar-refractivity contribution is -0.384. The van der Waals surface area contributed by atoms with E-state index in [1.807, 2.05) is 6.92 Å². The van der Waals surface area contributed by atoms with Gasteiger partial charge in [-0.05, 0) is 11.5 Å². The summed E-state index contributed by atoms with van der Waals surface area (Å²) >= 11 is 0. The van der Waals surface area contributed by atoms with E-state index in [0.29, 0.717) is 12.0 Å². The van der Waals surface area contributed by atoms with Gasteiger partial charge in [0.1, 0.15) is 0 Å². The van der Waals surface area contributed by atoms with Gasteiger partial charge >= 0.3 is 5.97 Å². The third-order valence-electron chi connectivity index (χ3n) is 3.11. The summed E-state index contributed by atoms with van der Waals surface area (Å²) in [6.45, 7) is 2.15. The standard InChI is InChI=1S/C14H18N2O5/c1-2-10(8-14(18)19)9-15-13(17)7-11-4-3-5-12(6-11)16(20)21/h3-6,10H,2,7-9H2,1H3,(H,15,17)(H,18,19). The number of hydrogen-bond donors (Lipinski definition) is 2. The summed E-state index contributed by atoms with van der Waals surface area (Å²) in [5.41, 5.74) is 0.491. The number of aliphatic carboxylic acids is 1. The Labute approximate surface area is 122 Å². The zero-order valence-corrected chi connectivity index (χ0v) is 11.7. The number of carbonyl (C=O) groups excluding carboxylic acids is 1. The summed E-state index contributed by atoms with van der Waals surface area (Å²) < 4.78 is 0. The predicted octanol–water partition coefficient (Wildman–Crippen LogP) is 1.75. The van der Waals surface area contributed by atoms with Crippen LogP contribution in [-0.4, -0.2) is 28.5 Å². The number of rotatable bonds is 8. The Hall–Kier alpha value is -2.44. The molecule has 1 aromatic carbocycles. The molecule has 0 bridgehead atoms. The Bertz CT molecular complexity index is 530. The van der Waals surface area contributed by atoms with Crippen molar-refractivity contribution in [3.8, 4) is 0 Å². The number of nitro benzene ring substituents is 1. The van der Waals surface area contributed by atoms with E-state index in [4.69, 9.17) is 5.11 Å². The van der Waals surface area contributed by atoms with Gasteiger partial charge in [-0.3, -0.25) is 19.7 Å². The molecule has 1 rings (SSSR count). The Morgan fingerprint density at radius 1 is 1.43 bits per heavy atom. The van der Waals surface area contributed by atoms with Crippen LogP contribution in [0.2, 0.25) is 0 Å². The number of nitro groups is 1. The first kappa shape index (κ1) is 16.6. The van der Waals surface area contributed by atoms with Crippen molar-refractivity contribution in [2.24, 2.45) is 5.92 Å². The topological polar surface area (TPSA) is 110 Å². The minimum absolute atomic E-state index is 0.00753. The molecule has 0 aliphatic carbocycles. The molecule has 1 amide bonds. The maximum atomic E-state index is 11.8. The minimum atomic E-state index is -0.894. The molecule has 0 spiro atoms. The Balaban J connectivity index is 2.51. The number of nitrogens with one attached hydrogen (secondary N) is 1. The van der Waals surface area contributed by atoms with Crippen LogP contribution in [-0.2, 0) is 16.0 Å². The molecule has 2 N–H and O–H groups in total. The minimum Gasteiger partial charge on any atom is -0.481 e. The van der Waals surface area contributed by atoms with E-state index in [2.05, 4.69) is 5.32 Å². The molecular weight excluding hydrogens is 276 g/mol. The van der Waals surface area contributed by atoms with Crippen LogP contribution in [0.25, 0.3) is 0 Å². The molecule has 0 aromatic heterocycles. The molecule has 0 aliphatic rings. The van der Waals surface area contributed by atoms with Crippen molar-refractivity contribution < 1.29 is 19.6 Å². The Kier molecular flexibility index (Phi) is 6.32. The molecule has 1 aromatic rings. The lowest BCUT2D eigenvalue weighted by Gasteiger charge is -2.13. The summed E-state index contributed by atoms with van der Waals surface area (Å²) in [5, 5.41) is 22.0. The highest BCUT2D eigenvalue weighted by atomic mass is 16.6. The smallest absolute Gasteiger partial charge is 0.303 e. The monoisotopic (exact) mass is 294 g/mol. The molecule has 0 saturated carbocycles. The van der Waals surface area contributed by atoms with E-state index in [0.717, 1.165) is 0 Å². The van der Waals surface area contributed by atoms with Crippen molar-refractivity contribution in [1.29, 1.82) is 0 Å². The summed E-state index contributed by atoms with van der Waals surface area (Å²) in [7, 11) is 0. The molecule has 0 fully saturated rings. The van der Waals surface area contributed by atoms with Gasteiger partial charge in [-0.15, -0.1) is 0 Å². The van der Waals surface area contributed by atoms with Gasteiger partial charge in [0, 0.05) is 25.1 Å². The average Bonchev–Trinajstić information content (AvgIpc) is 2.43. The van der Waals surface area contributed by atoms with E-state index >= 15 is 0 Å². The highest BCUT2D eigenvalue weighted by Gasteiger charge is 2.13. The van der Waals surface area contributed by atoms with E-state index in [1.165, 1.54) is 18.2 Å². The zero-order chi connectivity index (χ0) is 15.8. The number of hydrogen-bond acceptors (Lipinski definition) is 4. The van der Waals surface area contributed by atoms with Crippen LogP contribution in [0.3, 0.4) is 0 Å². The number of carboxylic acid groups (broad SMARTS) is 1. The van der Waals surface area contributed by atoms with Crippen LogP contribution in [0, 0.1) is 16.0 Å². The fraction of sp³-hybridized carbons (Fsp3) is 0.429. The number of carbonyl (C=O) groups is 2. The van der Waals surface area contributed by atoms with Crippen LogP contribution >= 0.6 is 0 Å². The van der Waals surface area contributed by atoms with Crippen molar-refractivity contribution in [2.45, 2.75) is 26.2 Å². The molecule has 0 heterocycles. The number of carboxylic acids is 1. The number of non-ortho nitro benzene ring substituents is 1. The lowest BCUT2D eigenvalue weighted by Crippen LogP contribution is -2.31. The van der Waals surface area contributed by atoms with Gasteiger partial charge in [0.25, 0.3) is 5.69 Å². The Morgan fingerprint density at radius 2 is 2.14 bits per heavy atom. The third-order valence-corrected chi connectivity index (χ3v) is 3.11. The lowest BCUT2D eigenvalue weighted by atomic mass is 10.0. The van der Waals surface area contributed by atoms with Gasteiger partial charge in [-0.1, -0.05) is 25.5 Å². The molecule has 0 aliphatic heterocycles. The molecular formula is C14H18N2O5. The average molecular weight is 294 g/mol. The van der Waals surface area contributed by atoms with Crippen LogP contribution in [0.5, 0.6) is 0 Å². The molecule has 0 saturated heterocycles. The number of amides is 1. The first-order valence-corrected chi connectivity index (χ1v) is 6.64. The molecule has 21 heavy (non-hydrogen) atoms. The molecule has 1 atom stereocenters. The number of nitrogens with zero attached hydrogens (tertiary/aromatic N) is 1. The third kappa shape index (κ3) is 6.03. The molecule has 7 nitrogen and oxygen atoms in total. The van der Waals surface area contributed by atoms with E-state index < -0.39 is 10.9 Å². The molecule has 7 heteroatoms. The highest BCUT2D eigenvalue weighted by molar-refractivity contribution is 5.78. The fourth-order valence-corrected chi connectivity index (χ4v) is 1.89. The quantitative estimate of drug-likeness (QED) is 0.560. The van der Waals surface area contributed by atoms with Crippen molar-refractivity contribution in [1.82, 2.24) is 5.32 Å². The maximum absolute atomic E-state index is 11.8. The second kappa shape index (κ2) is 7.98. The zero-order valence-electron chi connectivity index (χ0n) is 11.7. The van der Waals surface area contributed by atoms with Gasteiger partial charge in [-0.25, -0.2) is 0 Å². The SMILES string of the molecule is CCC(CNC(=O)Cc1cccc([N+](=O)[O-])c1)CC(=O)O. The second-order valence-corrected chi connectivity index (χ2v) is 4.78. The first-order valence-electron chi connectivity index (χ1n) is 6.64. The molecule has 114 valence electrons. The van der Waals surface area contributed by atoms with Gasteiger partial charge in [0.15, 0.2) is 0 Å². The summed E-state index contributed by atoms with van der Waals surface area (Å²) in [4.78, 5) is 32.5. The predicted molar refractivity (Wildman–Crippen MR) is 75.8 cm³/mol. The van der Waals surface area contributed by atoms with E-state index in [1.54, 1.807) is 6.07 Å². The van der Waals surface area contributed by atoms with Gasteiger partial charge in [0.05, 0.1) is 11.3 Å². The van der Waals surface area contributed by atoms with Crippen molar-refractivity contribution >= 4 is 17.6 Å². The maximum Gasteiger partial charge on any atom is 0.303 e. The van der Waals surface area contributed by atoms with Crippen molar-refractivity contribution in [3.05, 3.63) is 39.9 Å². The summed E-state index contributed by atoms with van der Waals surface area (Å²) in [6, 6.07) is 5.89. The second-order valence-electron chi connectivity index (χ2n) is 4.78. The largest absolute Gasteiger partial charge is 0.481 e. The van der Waals surface area contributed by atoms with Crippen molar-refractivity contribution in [2.75, 3.05) is 6.54 Å². The summed E-state index contributed by atoms with van der Waals surface area (Å²) in [6.07, 6.45) is 0.697. The first-order chi connectivity index (χ1) is 9.92. The van der Waals surface area contributed by atoms with Crippen molar-refractivity contribution in [3.63, 3.8) is 0 Å². The molecule has 1 unspecified atom stereocenters. The highest BCUT2D eigenvalue weighted by Crippen LogP contribution is 2.13. The molecule has 0 radical (unpaired) electrons. The van der Waals surface area contributed by atoms with Crippen LogP contribution in [0.1, 0.15) is 25.3 Å². The fourth-order valence-electron chi connectivity index (χ4n) is 1.89. The van der Waals surface area contributed by atoms with Gasteiger partial charge in [0.2, 0.25) is 5.91 Å². The van der Waals surface area contributed by atoms with Crippen LogP contribution < -0.4 is 5.32 Å². The normalized spacial score (nSPS) is 11.7. The van der Waals surface area contributed by atoms with Gasteiger partial charge in [-0.2, -0.15) is 0 Å². The summed E-state index contributed by atoms with van der Waals surface area (Å²) in [5.74, 6) is -1.29.